The zero-order chi connectivity index (χ0) is 11.3. The lowest BCUT2D eigenvalue weighted by Crippen LogP contribution is -1.80. The summed E-state index contributed by atoms with van der Waals surface area (Å²) in [5.74, 6) is 0. The van der Waals surface area contributed by atoms with Crippen LogP contribution in [0.5, 0.6) is 6.08 Å². The second-order valence-electron chi connectivity index (χ2n) is 2.84. The zero-order valence-corrected chi connectivity index (χ0v) is 9.70. The molecule has 0 atom stereocenters. The highest BCUT2D eigenvalue weighted by molar-refractivity contribution is 5.73. The molecule has 1 aromatic heterocycles. The summed E-state index contributed by atoms with van der Waals surface area (Å²) < 4.78 is 10.2. The molecule has 2 rings (SSSR count). The maximum atomic E-state index is 5.28. The van der Waals surface area contributed by atoms with Gasteiger partial charge in [0.25, 0.3) is 0 Å². The first-order valence-electron chi connectivity index (χ1n) is 5.27. The summed E-state index contributed by atoms with van der Waals surface area (Å²) in [6, 6.07) is 5.97. The molecular weight excluding hydrogens is 190 g/mol. The quantitative estimate of drug-likeness (QED) is 0.756. The van der Waals surface area contributed by atoms with Crippen molar-refractivity contribution >= 4 is 11.1 Å². The van der Waals surface area contributed by atoms with Crippen LogP contribution >= 0.6 is 0 Å². The van der Waals surface area contributed by atoms with Gasteiger partial charge in [0.05, 0.1) is 7.11 Å². The van der Waals surface area contributed by atoms with Gasteiger partial charge in [-0.1, -0.05) is 26.8 Å². The molecule has 0 aliphatic rings. The second kappa shape index (κ2) is 5.39. The first kappa shape index (κ1) is 11.6. The van der Waals surface area contributed by atoms with Gasteiger partial charge in [0.15, 0.2) is 5.58 Å². The summed E-state index contributed by atoms with van der Waals surface area (Å²) in [5.41, 5.74) is 2.88. The van der Waals surface area contributed by atoms with E-state index in [2.05, 4.69) is 11.9 Å². The largest absolute Gasteiger partial charge is 0.453 e. The Morgan fingerprint density at radius 2 is 2.07 bits per heavy atom. The van der Waals surface area contributed by atoms with E-state index < -0.39 is 0 Å². The topological polar surface area (TPSA) is 35.3 Å². The van der Waals surface area contributed by atoms with Crippen molar-refractivity contribution in [3.05, 3.63) is 23.8 Å². The van der Waals surface area contributed by atoms with Crippen LogP contribution in [0.1, 0.15) is 26.3 Å². The molecule has 3 heteroatoms. The Morgan fingerprint density at radius 1 is 1.33 bits per heavy atom. The number of benzene rings is 1. The molecule has 0 saturated carbocycles. The van der Waals surface area contributed by atoms with Crippen LogP contribution in [0.2, 0.25) is 0 Å². The van der Waals surface area contributed by atoms with Crippen LogP contribution in [0, 0.1) is 0 Å². The number of methoxy groups -OCH3 is 1. The molecule has 3 nitrogen and oxygen atoms in total. The van der Waals surface area contributed by atoms with Gasteiger partial charge in [-0.3, -0.25) is 0 Å². The summed E-state index contributed by atoms with van der Waals surface area (Å²) in [5, 5.41) is 0. The van der Waals surface area contributed by atoms with E-state index in [4.69, 9.17) is 9.15 Å². The van der Waals surface area contributed by atoms with Crippen LogP contribution in [0.15, 0.2) is 22.6 Å². The van der Waals surface area contributed by atoms with Gasteiger partial charge in [-0.25, -0.2) is 0 Å². The Bertz CT molecular complexity index is 418. The Hall–Kier alpha value is -1.51. The third-order valence-electron chi connectivity index (χ3n) is 2.02. The summed E-state index contributed by atoms with van der Waals surface area (Å²) in [7, 11) is 1.55. The standard InChI is InChI=1S/C10H11NO2.C2H6/c1-3-7-4-5-9-8(6-7)11-10(12-2)13-9;1-2/h4-6H,3H2,1-2H3;1-2H3. The smallest absolute Gasteiger partial charge is 0.394 e. The van der Waals surface area contributed by atoms with Crippen LogP contribution in [0.3, 0.4) is 0 Å². The average molecular weight is 207 g/mol. The number of nitrogens with zero attached hydrogens (tertiary/aromatic N) is 1. The number of hydrogen-bond acceptors (Lipinski definition) is 3. The lowest BCUT2D eigenvalue weighted by atomic mass is 10.1. The summed E-state index contributed by atoms with van der Waals surface area (Å²) >= 11 is 0. The fourth-order valence-electron chi connectivity index (χ4n) is 1.26. The first-order valence-corrected chi connectivity index (χ1v) is 5.27. The number of aromatic nitrogens is 1. The number of hydrogen-bond donors (Lipinski definition) is 0. The van der Waals surface area contributed by atoms with E-state index in [0.717, 1.165) is 17.5 Å². The van der Waals surface area contributed by atoms with Gasteiger partial charge in [-0.15, -0.1) is 0 Å². The van der Waals surface area contributed by atoms with Gasteiger partial charge in [0.1, 0.15) is 5.52 Å². The van der Waals surface area contributed by atoms with Gasteiger partial charge >= 0.3 is 6.08 Å². The molecule has 0 amide bonds. The monoisotopic (exact) mass is 207 g/mol. The van der Waals surface area contributed by atoms with Gasteiger partial charge in [-0.2, -0.15) is 4.98 Å². The van der Waals surface area contributed by atoms with E-state index in [1.807, 2.05) is 32.0 Å². The van der Waals surface area contributed by atoms with Crippen molar-refractivity contribution in [2.75, 3.05) is 7.11 Å². The molecule has 1 aromatic carbocycles. The third kappa shape index (κ3) is 2.49. The molecule has 2 aromatic rings. The predicted molar refractivity (Wildman–Crippen MR) is 61.3 cm³/mol. The molecule has 82 valence electrons. The Balaban J connectivity index is 0.000000531. The minimum atomic E-state index is 0.322. The van der Waals surface area contributed by atoms with Crippen LogP contribution < -0.4 is 4.74 Å². The number of oxazole rings is 1. The Morgan fingerprint density at radius 3 is 2.67 bits per heavy atom. The summed E-state index contributed by atoms with van der Waals surface area (Å²) in [6.07, 6.45) is 1.33. The van der Waals surface area contributed by atoms with Crippen LogP contribution in [0.4, 0.5) is 0 Å². The van der Waals surface area contributed by atoms with Crippen molar-refractivity contribution in [3.63, 3.8) is 0 Å². The summed E-state index contributed by atoms with van der Waals surface area (Å²) in [6.45, 7) is 6.11. The second-order valence-corrected chi connectivity index (χ2v) is 2.84. The molecule has 0 aliphatic carbocycles. The molecule has 0 bridgehead atoms. The van der Waals surface area contributed by atoms with Gasteiger partial charge in [-0.05, 0) is 24.1 Å². The molecule has 0 unspecified atom stereocenters. The highest BCUT2D eigenvalue weighted by Gasteiger charge is 2.04. The van der Waals surface area contributed by atoms with E-state index in [0.29, 0.717) is 6.08 Å². The number of rotatable bonds is 2. The minimum absolute atomic E-state index is 0.322. The molecule has 0 N–H and O–H groups in total. The van der Waals surface area contributed by atoms with E-state index in [1.54, 1.807) is 7.11 Å². The van der Waals surface area contributed by atoms with Crippen molar-refractivity contribution in [1.82, 2.24) is 4.98 Å². The predicted octanol–water partition coefficient (Wildman–Crippen LogP) is 3.43. The normalized spacial score (nSPS) is 9.60. The highest BCUT2D eigenvalue weighted by Crippen LogP contribution is 2.21. The average Bonchev–Trinajstić information content (AvgIpc) is 2.73. The molecule has 0 fully saturated rings. The van der Waals surface area contributed by atoms with Crippen LogP contribution in [-0.2, 0) is 6.42 Å². The maximum Gasteiger partial charge on any atom is 0.394 e. The van der Waals surface area contributed by atoms with E-state index in [-0.39, 0.29) is 0 Å². The molecule has 0 radical (unpaired) electrons. The molecular formula is C12H17NO2. The maximum absolute atomic E-state index is 5.28. The zero-order valence-electron chi connectivity index (χ0n) is 9.70. The Kier molecular flexibility index (Phi) is 4.16. The SMILES string of the molecule is CC.CCc1ccc2oc(OC)nc2c1. The van der Waals surface area contributed by atoms with Crippen molar-refractivity contribution in [2.45, 2.75) is 27.2 Å². The van der Waals surface area contributed by atoms with Crippen molar-refractivity contribution in [3.8, 4) is 6.08 Å². The van der Waals surface area contributed by atoms with Gasteiger partial charge in [0.2, 0.25) is 0 Å². The molecule has 0 spiro atoms. The third-order valence-corrected chi connectivity index (χ3v) is 2.02. The van der Waals surface area contributed by atoms with E-state index in [9.17, 15) is 0 Å². The molecule has 0 aliphatic heterocycles. The minimum Gasteiger partial charge on any atom is -0.453 e. The van der Waals surface area contributed by atoms with E-state index in [1.165, 1.54) is 5.56 Å². The van der Waals surface area contributed by atoms with Crippen molar-refractivity contribution < 1.29 is 9.15 Å². The highest BCUT2D eigenvalue weighted by atomic mass is 16.6. The lowest BCUT2D eigenvalue weighted by Gasteiger charge is -1.92. The Labute approximate surface area is 90.1 Å². The number of aryl methyl sites for hydroxylation is 1. The fourth-order valence-corrected chi connectivity index (χ4v) is 1.26. The first-order chi connectivity index (χ1) is 7.33. The van der Waals surface area contributed by atoms with Crippen molar-refractivity contribution in [2.24, 2.45) is 0 Å². The van der Waals surface area contributed by atoms with Gasteiger partial charge in [0, 0.05) is 0 Å². The van der Waals surface area contributed by atoms with Crippen molar-refractivity contribution in [1.29, 1.82) is 0 Å². The lowest BCUT2D eigenvalue weighted by molar-refractivity contribution is 0.299. The molecule has 0 saturated heterocycles. The molecule has 1 heterocycles. The number of fused-ring (bicyclic) bond motifs is 1. The summed E-state index contributed by atoms with van der Waals surface area (Å²) in [4.78, 5) is 4.15. The van der Waals surface area contributed by atoms with Crippen LogP contribution in [-0.4, -0.2) is 12.1 Å². The molecule has 15 heavy (non-hydrogen) atoms. The fraction of sp³-hybridized carbons (Fsp3) is 0.417. The van der Waals surface area contributed by atoms with Gasteiger partial charge < -0.3 is 9.15 Å². The number of ether oxygens (including phenoxy) is 1. The van der Waals surface area contributed by atoms with Crippen LogP contribution in [0.25, 0.3) is 11.1 Å². The van der Waals surface area contributed by atoms with E-state index >= 15 is 0 Å².